The van der Waals surface area contributed by atoms with E-state index in [0.717, 1.165) is 35.3 Å². The van der Waals surface area contributed by atoms with Crippen molar-refractivity contribution in [3.05, 3.63) is 60.6 Å². The monoisotopic (exact) mass is 528 g/mol. The van der Waals surface area contributed by atoms with Crippen molar-refractivity contribution in [1.82, 2.24) is 29.6 Å². The van der Waals surface area contributed by atoms with Crippen LogP contribution in [0.25, 0.3) is 22.4 Å². The van der Waals surface area contributed by atoms with E-state index >= 15 is 0 Å². The van der Waals surface area contributed by atoms with Gasteiger partial charge in [0.05, 0.1) is 30.8 Å². The molecular formula is C27H28N8O4. The molecular weight excluding hydrogens is 500 g/mol. The Labute approximate surface area is 224 Å². The molecule has 6 rings (SSSR count). The Bertz CT molecular complexity index is 1480. The van der Waals surface area contributed by atoms with Crippen LogP contribution in [0.3, 0.4) is 0 Å². The van der Waals surface area contributed by atoms with E-state index < -0.39 is 6.09 Å². The number of nitrogens with zero attached hydrogens (tertiary/aromatic N) is 7. The molecule has 1 aromatic carbocycles. The van der Waals surface area contributed by atoms with Crippen molar-refractivity contribution < 1.29 is 19.4 Å². The van der Waals surface area contributed by atoms with Gasteiger partial charge in [-0.2, -0.15) is 5.10 Å². The first-order valence-corrected chi connectivity index (χ1v) is 13.0. The van der Waals surface area contributed by atoms with E-state index in [9.17, 15) is 9.59 Å². The highest BCUT2D eigenvalue weighted by Gasteiger charge is 2.28. The Hall–Kier alpha value is -4.58. The number of rotatable bonds is 5. The van der Waals surface area contributed by atoms with Gasteiger partial charge in [0.15, 0.2) is 11.5 Å². The Balaban J connectivity index is 1.31. The molecule has 3 aromatic heterocycles. The molecule has 12 heteroatoms. The lowest BCUT2D eigenvalue weighted by Crippen LogP contribution is -2.39. The van der Waals surface area contributed by atoms with E-state index in [1.807, 2.05) is 21.8 Å². The summed E-state index contributed by atoms with van der Waals surface area (Å²) >= 11 is 0. The maximum atomic E-state index is 12.9. The summed E-state index contributed by atoms with van der Waals surface area (Å²) < 4.78 is 7.52. The van der Waals surface area contributed by atoms with Crippen LogP contribution in [0.2, 0.25) is 0 Å². The Morgan fingerprint density at radius 2 is 1.74 bits per heavy atom. The average Bonchev–Trinajstić information content (AvgIpc) is 3.41. The van der Waals surface area contributed by atoms with Crippen LogP contribution in [0.4, 0.5) is 16.3 Å². The number of hydrogen-bond donors (Lipinski definition) is 2. The van der Waals surface area contributed by atoms with Crippen LogP contribution in [0.5, 0.6) is 0 Å². The van der Waals surface area contributed by atoms with E-state index in [1.165, 1.54) is 0 Å². The Kier molecular flexibility index (Phi) is 6.76. The Morgan fingerprint density at radius 1 is 0.974 bits per heavy atom. The Morgan fingerprint density at radius 3 is 2.44 bits per heavy atom. The van der Waals surface area contributed by atoms with Crippen molar-refractivity contribution in [2.75, 3.05) is 49.6 Å². The maximum Gasteiger partial charge on any atom is 0.409 e. The number of fused-ring (bicyclic) bond motifs is 1. The number of aromatic nitrogens is 5. The molecule has 2 fully saturated rings. The quantitative estimate of drug-likeness (QED) is 0.399. The summed E-state index contributed by atoms with van der Waals surface area (Å²) in [5.41, 5.74) is 2.44. The molecule has 2 N–H and O–H groups in total. The predicted molar refractivity (Wildman–Crippen MR) is 144 cm³/mol. The van der Waals surface area contributed by atoms with Crippen LogP contribution in [-0.4, -0.2) is 86.1 Å². The van der Waals surface area contributed by atoms with E-state index in [4.69, 9.17) is 24.9 Å². The van der Waals surface area contributed by atoms with Crippen molar-refractivity contribution in [3.8, 4) is 11.4 Å². The van der Waals surface area contributed by atoms with Crippen molar-refractivity contribution in [2.45, 2.75) is 18.9 Å². The summed E-state index contributed by atoms with van der Waals surface area (Å²) in [4.78, 5) is 42.0. The van der Waals surface area contributed by atoms with Crippen LogP contribution in [0.15, 0.2) is 54.9 Å². The highest BCUT2D eigenvalue weighted by atomic mass is 16.5. The molecule has 2 aliphatic rings. The normalized spacial score (nSPS) is 16.4. The molecule has 5 heterocycles. The summed E-state index contributed by atoms with van der Waals surface area (Å²) in [6.45, 7) is 3.88. The second kappa shape index (κ2) is 10.7. The van der Waals surface area contributed by atoms with Crippen molar-refractivity contribution >= 4 is 34.5 Å². The van der Waals surface area contributed by atoms with E-state index in [-0.39, 0.29) is 11.9 Å². The zero-order valence-electron chi connectivity index (χ0n) is 21.2. The number of morpholine rings is 1. The molecule has 0 saturated carbocycles. The standard InChI is InChI=1S/C27H28N8O4/c36-26(22-3-1-2-10-28-22)34-11-8-20(9-12-34)35-25-21(17-29-35)24(33-13-15-39-16-14-33)31-23(32-25)18-4-6-19(7-5-18)30-27(37)38/h1-7,10,17,20,30H,8-9,11-16H2,(H,37,38). The van der Waals surface area contributed by atoms with Gasteiger partial charge < -0.3 is 19.6 Å². The third-order valence-corrected chi connectivity index (χ3v) is 7.12. The number of carboxylic acid groups (broad SMARTS) is 1. The van der Waals surface area contributed by atoms with Crippen LogP contribution in [0.1, 0.15) is 29.4 Å². The zero-order valence-corrected chi connectivity index (χ0v) is 21.2. The number of carbonyl (C=O) groups is 2. The van der Waals surface area contributed by atoms with Gasteiger partial charge in [0.1, 0.15) is 11.5 Å². The molecule has 0 bridgehead atoms. The number of pyridine rings is 1. The van der Waals surface area contributed by atoms with Gasteiger partial charge in [-0.3, -0.25) is 15.1 Å². The van der Waals surface area contributed by atoms with E-state index in [1.54, 1.807) is 42.6 Å². The number of hydrogen-bond acceptors (Lipinski definition) is 8. The molecule has 0 unspecified atom stereocenters. The van der Waals surface area contributed by atoms with Crippen LogP contribution < -0.4 is 10.2 Å². The van der Waals surface area contributed by atoms with Gasteiger partial charge in [0.25, 0.3) is 5.91 Å². The summed E-state index contributed by atoms with van der Waals surface area (Å²) in [6, 6.07) is 12.4. The first-order chi connectivity index (χ1) is 19.1. The fourth-order valence-electron chi connectivity index (χ4n) is 5.11. The minimum atomic E-state index is -1.12. The van der Waals surface area contributed by atoms with Gasteiger partial charge in [-0.25, -0.2) is 19.4 Å². The molecule has 0 radical (unpaired) electrons. The van der Waals surface area contributed by atoms with Crippen LogP contribution in [0, 0.1) is 0 Å². The summed E-state index contributed by atoms with van der Waals surface area (Å²) in [5.74, 6) is 1.29. The van der Waals surface area contributed by atoms with Gasteiger partial charge in [-0.1, -0.05) is 6.07 Å². The minimum Gasteiger partial charge on any atom is -0.465 e. The van der Waals surface area contributed by atoms with Crippen LogP contribution >= 0.6 is 0 Å². The van der Waals surface area contributed by atoms with Crippen LogP contribution in [-0.2, 0) is 4.74 Å². The first kappa shape index (κ1) is 24.7. The maximum absolute atomic E-state index is 12.9. The topological polar surface area (TPSA) is 139 Å². The lowest BCUT2D eigenvalue weighted by molar-refractivity contribution is 0.0685. The number of ether oxygens (including phenoxy) is 1. The SMILES string of the molecule is O=C(O)Nc1ccc(-c2nc(N3CCOCC3)c3cnn(C4CCN(C(=O)c5ccccn5)CC4)c3n2)cc1. The number of nitrogens with one attached hydrogen (secondary N) is 1. The van der Waals surface area contributed by atoms with E-state index in [2.05, 4.69) is 15.2 Å². The van der Waals surface area contributed by atoms with Crippen molar-refractivity contribution in [1.29, 1.82) is 0 Å². The molecule has 12 nitrogen and oxygen atoms in total. The fraction of sp³-hybridized carbons (Fsp3) is 0.333. The first-order valence-electron chi connectivity index (χ1n) is 13.0. The van der Waals surface area contributed by atoms with Crippen molar-refractivity contribution in [2.24, 2.45) is 0 Å². The highest BCUT2D eigenvalue weighted by molar-refractivity contribution is 5.92. The largest absolute Gasteiger partial charge is 0.465 e. The summed E-state index contributed by atoms with van der Waals surface area (Å²) in [6.07, 6.45) is 3.84. The summed E-state index contributed by atoms with van der Waals surface area (Å²) in [5, 5.41) is 17.0. The molecule has 0 aliphatic carbocycles. The van der Waals surface area contributed by atoms with Gasteiger partial charge >= 0.3 is 6.09 Å². The molecule has 0 atom stereocenters. The van der Waals surface area contributed by atoms with Gasteiger partial charge in [0.2, 0.25) is 0 Å². The fourth-order valence-corrected chi connectivity index (χ4v) is 5.11. The highest BCUT2D eigenvalue weighted by Crippen LogP contribution is 2.32. The lowest BCUT2D eigenvalue weighted by atomic mass is 10.0. The number of likely N-dealkylation sites (tertiary alicyclic amines) is 1. The molecule has 200 valence electrons. The number of benzene rings is 1. The third kappa shape index (κ3) is 5.10. The van der Waals surface area contributed by atoms with Crippen molar-refractivity contribution in [3.63, 3.8) is 0 Å². The number of amides is 2. The molecule has 2 aliphatic heterocycles. The second-order valence-electron chi connectivity index (χ2n) is 9.54. The molecule has 4 aromatic rings. The smallest absolute Gasteiger partial charge is 0.409 e. The van der Waals surface area contributed by atoms with Gasteiger partial charge in [0, 0.05) is 43.6 Å². The predicted octanol–water partition coefficient (Wildman–Crippen LogP) is 3.29. The third-order valence-electron chi connectivity index (χ3n) is 7.12. The molecule has 2 saturated heterocycles. The molecule has 39 heavy (non-hydrogen) atoms. The van der Waals surface area contributed by atoms with Gasteiger partial charge in [-0.15, -0.1) is 0 Å². The molecule has 0 spiro atoms. The lowest BCUT2D eigenvalue weighted by Gasteiger charge is -2.32. The second-order valence-corrected chi connectivity index (χ2v) is 9.54. The number of piperidine rings is 1. The number of carbonyl (C=O) groups excluding carboxylic acids is 1. The van der Waals surface area contributed by atoms with E-state index in [0.29, 0.717) is 56.6 Å². The average molecular weight is 529 g/mol. The number of anilines is 2. The van der Waals surface area contributed by atoms with Gasteiger partial charge in [-0.05, 0) is 49.2 Å². The molecule has 2 amide bonds. The zero-order chi connectivity index (χ0) is 26.8. The summed E-state index contributed by atoms with van der Waals surface area (Å²) in [7, 11) is 0. The minimum absolute atomic E-state index is 0.0561.